The molecule has 1 fully saturated rings. The summed E-state index contributed by atoms with van der Waals surface area (Å²) in [5, 5.41) is 16.7. The second kappa shape index (κ2) is 4.85. The molecule has 2 aromatic rings. The predicted molar refractivity (Wildman–Crippen MR) is 74.0 cm³/mol. The van der Waals surface area contributed by atoms with Gasteiger partial charge in [0, 0.05) is 11.9 Å². The molecule has 2 N–H and O–H groups in total. The maximum atomic E-state index is 12.7. The number of aromatic nitrogens is 2. The van der Waals surface area contributed by atoms with Crippen molar-refractivity contribution >= 4 is 22.8 Å². The number of morpholine rings is 1. The summed E-state index contributed by atoms with van der Waals surface area (Å²) >= 11 is 0. The van der Waals surface area contributed by atoms with Crippen LogP contribution in [0.25, 0.3) is 10.9 Å². The van der Waals surface area contributed by atoms with Crippen LogP contribution >= 0.6 is 0 Å². The first-order valence-corrected chi connectivity index (χ1v) is 6.60. The van der Waals surface area contributed by atoms with Crippen molar-refractivity contribution in [3.05, 3.63) is 30.0 Å². The minimum Gasteiger partial charge on any atom is -0.479 e. The molecule has 2 heterocycles. The number of hydrogen-bond acceptors (Lipinski definition) is 4. The van der Waals surface area contributed by atoms with E-state index >= 15 is 0 Å². The summed E-state index contributed by atoms with van der Waals surface area (Å²) < 4.78 is 5.30. The number of H-pyrrole nitrogens is 1. The molecule has 0 radical (unpaired) electrons. The van der Waals surface area contributed by atoms with Gasteiger partial charge >= 0.3 is 5.97 Å². The lowest BCUT2D eigenvalue weighted by molar-refractivity contribution is -0.171. The molecule has 7 heteroatoms. The minimum atomic E-state index is -1.36. The Bertz CT molecular complexity index is 711. The highest BCUT2D eigenvalue weighted by Crippen LogP contribution is 2.22. The molecule has 21 heavy (non-hydrogen) atoms. The summed E-state index contributed by atoms with van der Waals surface area (Å²) in [6, 6.07) is 5.32. The van der Waals surface area contributed by atoms with E-state index in [4.69, 9.17) is 4.74 Å². The zero-order valence-corrected chi connectivity index (χ0v) is 11.5. The third-order valence-corrected chi connectivity index (χ3v) is 3.73. The van der Waals surface area contributed by atoms with Gasteiger partial charge in [-0.3, -0.25) is 9.89 Å². The topological polar surface area (TPSA) is 95.5 Å². The fraction of sp³-hybridized carbons (Fsp3) is 0.357. The van der Waals surface area contributed by atoms with E-state index in [2.05, 4.69) is 10.2 Å². The van der Waals surface area contributed by atoms with Gasteiger partial charge in [0.2, 0.25) is 0 Å². The molecule has 1 aromatic heterocycles. The van der Waals surface area contributed by atoms with E-state index in [0.717, 1.165) is 10.9 Å². The van der Waals surface area contributed by atoms with Crippen molar-refractivity contribution < 1.29 is 19.4 Å². The van der Waals surface area contributed by atoms with Gasteiger partial charge in [-0.25, -0.2) is 4.79 Å². The summed E-state index contributed by atoms with van der Waals surface area (Å²) in [4.78, 5) is 25.4. The van der Waals surface area contributed by atoms with Gasteiger partial charge in [0.1, 0.15) is 0 Å². The number of carboxylic acid groups (broad SMARTS) is 1. The Morgan fingerprint density at radius 3 is 3.05 bits per heavy atom. The Hall–Kier alpha value is -2.41. The van der Waals surface area contributed by atoms with Gasteiger partial charge in [-0.1, -0.05) is 6.07 Å². The first kappa shape index (κ1) is 13.6. The van der Waals surface area contributed by atoms with Crippen molar-refractivity contribution in [3.63, 3.8) is 0 Å². The normalized spacial score (nSPS) is 22.4. The van der Waals surface area contributed by atoms with Crippen molar-refractivity contribution in [1.29, 1.82) is 0 Å². The zero-order chi connectivity index (χ0) is 15.0. The molecule has 1 unspecified atom stereocenters. The first-order valence-electron chi connectivity index (χ1n) is 6.60. The number of aromatic amines is 1. The van der Waals surface area contributed by atoms with Crippen molar-refractivity contribution in [2.75, 3.05) is 19.7 Å². The number of aliphatic carboxylic acids is 1. The smallest absolute Gasteiger partial charge is 0.337 e. The molecule has 0 bridgehead atoms. The summed E-state index contributed by atoms with van der Waals surface area (Å²) in [7, 11) is 0. The third kappa shape index (κ3) is 2.25. The molecule has 1 aliphatic rings. The van der Waals surface area contributed by atoms with Crippen LogP contribution in [0.1, 0.15) is 17.3 Å². The van der Waals surface area contributed by atoms with Gasteiger partial charge in [0.25, 0.3) is 5.91 Å². The number of ether oxygens (including phenoxy) is 1. The molecule has 0 spiro atoms. The Kier molecular flexibility index (Phi) is 3.13. The lowest BCUT2D eigenvalue weighted by atomic mass is 10.0. The highest BCUT2D eigenvalue weighted by atomic mass is 16.5. The van der Waals surface area contributed by atoms with Crippen LogP contribution in [-0.4, -0.2) is 57.4 Å². The molecule has 3 rings (SSSR count). The maximum Gasteiger partial charge on any atom is 0.337 e. The van der Waals surface area contributed by atoms with Crippen LogP contribution in [0.5, 0.6) is 0 Å². The Labute approximate surface area is 120 Å². The maximum absolute atomic E-state index is 12.7. The molecule has 110 valence electrons. The first-order chi connectivity index (χ1) is 10.0. The number of benzene rings is 1. The molecule has 7 nitrogen and oxygen atoms in total. The van der Waals surface area contributed by atoms with E-state index in [1.54, 1.807) is 18.3 Å². The molecular formula is C14H15N3O4. The Balaban J connectivity index is 1.92. The second-order valence-electron chi connectivity index (χ2n) is 5.25. The molecule has 1 aliphatic heterocycles. The highest BCUT2D eigenvalue weighted by Gasteiger charge is 2.41. The van der Waals surface area contributed by atoms with E-state index in [1.165, 1.54) is 11.8 Å². The van der Waals surface area contributed by atoms with Crippen LogP contribution in [-0.2, 0) is 9.53 Å². The van der Waals surface area contributed by atoms with Crippen LogP contribution in [0.3, 0.4) is 0 Å². The number of amides is 1. The Morgan fingerprint density at radius 2 is 2.29 bits per heavy atom. The average Bonchev–Trinajstić information content (AvgIpc) is 2.94. The summed E-state index contributed by atoms with van der Waals surface area (Å²) in [5.41, 5.74) is -0.0796. The van der Waals surface area contributed by atoms with E-state index in [0.29, 0.717) is 12.1 Å². The van der Waals surface area contributed by atoms with Gasteiger partial charge in [0.15, 0.2) is 5.60 Å². The predicted octanol–water partition coefficient (Wildman–Crippen LogP) is 0.879. The van der Waals surface area contributed by atoms with Crippen LogP contribution in [0.15, 0.2) is 24.4 Å². The van der Waals surface area contributed by atoms with Gasteiger partial charge in [0.05, 0.1) is 30.4 Å². The second-order valence-corrected chi connectivity index (χ2v) is 5.25. The summed E-state index contributed by atoms with van der Waals surface area (Å²) in [6.45, 7) is 2.08. The summed E-state index contributed by atoms with van der Waals surface area (Å²) in [6.07, 6.45) is 1.60. The number of carbonyl (C=O) groups is 2. The molecule has 0 saturated carbocycles. The molecule has 1 amide bonds. The fourth-order valence-corrected chi connectivity index (χ4v) is 2.50. The lowest BCUT2D eigenvalue weighted by Gasteiger charge is -2.37. The van der Waals surface area contributed by atoms with E-state index in [9.17, 15) is 14.7 Å². The Morgan fingerprint density at radius 1 is 1.48 bits per heavy atom. The van der Waals surface area contributed by atoms with Gasteiger partial charge < -0.3 is 14.7 Å². The third-order valence-electron chi connectivity index (χ3n) is 3.73. The van der Waals surface area contributed by atoms with Crippen LogP contribution in [0.2, 0.25) is 0 Å². The quantitative estimate of drug-likeness (QED) is 0.855. The summed E-state index contributed by atoms with van der Waals surface area (Å²) in [5.74, 6) is -1.28. The van der Waals surface area contributed by atoms with Gasteiger partial charge in [-0.05, 0) is 19.1 Å². The standard InChI is InChI=1S/C14H15N3O4/c1-14(13(19)20)8-17(5-6-21-14)12(18)9-3-2-4-11-10(9)7-15-16-11/h2-4,7H,5-6,8H2,1H3,(H,15,16)(H,19,20). The van der Waals surface area contributed by atoms with E-state index in [1.807, 2.05) is 6.07 Å². The SMILES string of the molecule is CC1(C(=O)O)CN(C(=O)c2cccc3[nH]ncc23)CCO1. The van der Waals surface area contributed by atoms with Crippen molar-refractivity contribution in [2.24, 2.45) is 0 Å². The highest BCUT2D eigenvalue weighted by molar-refractivity contribution is 6.06. The molecular weight excluding hydrogens is 274 g/mol. The van der Waals surface area contributed by atoms with Crippen molar-refractivity contribution in [3.8, 4) is 0 Å². The monoisotopic (exact) mass is 289 g/mol. The van der Waals surface area contributed by atoms with Gasteiger partial charge in [-0.2, -0.15) is 5.10 Å². The number of carbonyl (C=O) groups excluding carboxylic acids is 1. The van der Waals surface area contributed by atoms with Gasteiger partial charge in [-0.15, -0.1) is 0 Å². The number of nitrogens with one attached hydrogen (secondary N) is 1. The average molecular weight is 289 g/mol. The molecule has 1 atom stereocenters. The lowest BCUT2D eigenvalue weighted by Crippen LogP contribution is -2.56. The van der Waals surface area contributed by atoms with E-state index < -0.39 is 11.6 Å². The van der Waals surface area contributed by atoms with Crippen LogP contribution < -0.4 is 0 Å². The molecule has 0 aliphatic carbocycles. The van der Waals surface area contributed by atoms with Crippen molar-refractivity contribution in [2.45, 2.75) is 12.5 Å². The van der Waals surface area contributed by atoms with Crippen LogP contribution in [0, 0.1) is 0 Å². The van der Waals surface area contributed by atoms with Crippen molar-refractivity contribution in [1.82, 2.24) is 15.1 Å². The molecule has 1 aromatic carbocycles. The zero-order valence-electron chi connectivity index (χ0n) is 11.5. The molecule has 1 saturated heterocycles. The minimum absolute atomic E-state index is 0.0232. The number of fused-ring (bicyclic) bond motifs is 1. The number of rotatable bonds is 2. The largest absolute Gasteiger partial charge is 0.479 e. The van der Waals surface area contributed by atoms with Crippen LogP contribution in [0.4, 0.5) is 0 Å². The fourth-order valence-electron chi connectivity index (χ4n) is 2.50. The number of carboxylic acids is 1. The van der Waals surface area contributed by atoms with E-state index in [-0.39, 0.29) is 19.1 Å². The number of hydrogen-bond donors (Lipinski definition) is 2. The number of nitrogens with zero attached hydrogens (tertiary/aromatic N) is 2.